The molecule has 0 saturated heterocycles. The third-order valence-electron chi connectivity index (χ3n) is 3.19. The lowest BCUT2D eigenvalue weighted by Gasteiger charge is -2.08. The molecule has 0 aromatic carbocycles. The van der Waals surface area contributed by atoms with Crippen molar-refractivity contribution in [1.82, 2.24) is 15.0 Å². The Kier molecular flexibility index (Phi) is 4.24. The molecule has 3 heterocycles. The number of nitrogens with one attached hydrogen (secondary N) is 1. The van der Waals surface area contributed by atoms with Crippen LogP contribution in [-0.2, 0) is 0 Å². The molecule has 1 N–H and O–H groups in total. The average Bonchev–Trinajstić information content (AvgIpc) is 2.56. The Morgan fingerprint density at radius 1 is 1.00 bits per heavy atom. The van der Waals surface area contributed by atoms with Crippen LogP contribution in [0.15, 0.2) is 48.9 Å². The van der Waals surface area contributed by atoms with E-state index in [-0.39, 0.29) is 11.5 Å². The van der Waals surface area contributed by atoms with Crippen LogP contribution in [0, 0.1) is 18.6 Å². The van der Waals surface area contributed by atoms with Gasteiger partial charge in [-0.3, -0.25) is 9.78 Å². The zero-order chi connectivity index (χ0) is 17.1. The molecule has 5 nitrogen and oxygen atoms in total. The molecule has 0 bridgehead atoms. The number of aromatic nitrogens is 3. The maximum atomic E-state index is 13.3. The fourth-order valence-corrected chi connectivity index (χ4v) is 2.15. The summed E-state index contributed by atoms with van der Waals surface area (Å²) in [5, 5.41) is 2.53. The van der Waals surface area contributed by atoms with Gasteiger partial charge in [-0.2, -0.15) is 0 Å². The number of amides is 1. The smallest absolute Gasteiger partial charge is 0.275 e. The molecular formula is C17H12F2N4O. The third-order valence-corrected chi connectivity index (χ3v) is 3.19. The number of hydrogen-bond donors (Lipinski definition) is 1. The van der Waals surface area contributed by atoms with Crippen molar-refractivity contribution in [2.45, 2.75) is 6.92 Å². The molecule has 0 aliphatic carbocycles. The maximum absolute atomic E-state index is 13.3. The van der Waals surface area contributed by atoms with Gasteiger partial charge in [0.15, 0.2) is 0 Å². The maximum Gasteiger partial charge on any atom is 0.275 e. The van der Waals surface area contributed by atoms with Gasteiger partial charge < -0.3 is 5.32 Å². The Balaban J connectivity index is 1.90. The van der Waals surface area contributed by atoms with Crippen molar-refractivity contribution >= 4 is 11.7 Å². The van der Waals surface area contributed by atoms with Gasteiger partial charge in [0, 0.05) is 17.5 Å². The number of halogens is 2. The van der Waals surface area contributed by atoms with Gasteiger partial charge in [0.05, 0.1) is 12.4 Å². The monoisotopic (exact) mass is 326 g/mol. The predicted octanol–water partition coefficient (Wildman–Crippen LogP) is 3.38. The van der Waals surface area contributed by atoms with Gasteiger partial charge in [0.2, 0.25) is 0 Å². The van der Waals surface area contributed by atoms with E-state index in [1.807, 2.05) is 0 Å². The van der Waals surface area contributed by atoms with Crippen LogP contribution in [-0.4, -0.2) is 20.9 Å². The summed E-state index contributed by atoms with van der Waals surface area (Å²) < 4.78 is 26.2. The largest absolute Gasteiger partial charge is 0.305 e. The van der Waals surface area contributed by atoms with E-state index in [9.17, 15) is 13.6 Å². The van der Waals surface area contributed by atoms with Crippen LogP contribution in [0.2, 0.25) is 0 Å². The Hall–Kier alpha value is -3.22. The molecule has 0 unspecified atom stereocenters. The van der Waals surface area contributed by atoms with Gasteiger partial charge in [-0.25, -0.2) is 18.7 Å². The highest BCUT2D eigenvalue weighted by atomic mass is 19.1. The second-order valence-electron chi connectivity index (χ2n) is 5.09. The zero-order valence-electron chi connectivity index (χ0n) is 12.6. The van der Waals surface area contributed by atoms with Crippen LogP contribution >= 0.6 is 0 Å². The number of carbonyl (C=O) groups is 1. The Bertz CT molecular complexity index is 897. The second kappa shape index (κ2) is 6.49. The minimum Gasteiger partial charge on any atom is -0.305 e. The topological polar surface area (TPSA) is 67.8 Å². The van der Waals surface area contributed by atoms with Gasteiger partial charge in [-0.1, -0.05) is 0 Å². The lowest BCUT2D eigenvalue weighted by Crippen LogP contribution is -2.15. The predicted molar refractivity (Wildman–Crippen MR) is 84.3 cm³/mol. The first-order chi connectivity index (χ1) is 11.5. The molecule has 3 aromatic rings. The lowest BCUT2D eigenvalue weighted by atomic mass is 10.1. The number of aryl methyl sites for hydroxylation is 1. The number of anilines is 1. The molecule has 0 radical (unpaired) electrons. The zero-order valence-corrected chi connectivity index (χ0v) is 12.6. The summed E-state index contributed by atoms with van der Waals surface area (Å²) in [4.78, 5) is 24.0. The highest BCUT2D eigenvalue weighted by Gasteiger charge is 2.12. The van der Waals surface area contributed by atoms with E-state index < -0.39 is 17.5 Å². The van der Waals surface area contributed by atoms with Crippen LogP contribution in [0.4, 0.5) is 14.6 Å². The van der Waals surface area contributed by atoms with Crippen LogP contribution in [0.25, 0.3) is 11.1 Å². The number of nitrogens with zero attached hydrogens (tertiary/aromatic N) is 3. The van der Waals surface area contributed by atoms with E-state index in [1.165, 1.54) is 30.5 Å². The van der Waals surface area contributed by atoms with Crippen LogP contribution in [0.3, 0.4) is 0 Å². The SMILES string of the molecule is Cc1cc(-c2cncc(F)c2)cc(C(=O)Nc2ccc(F)cn2)n1. The van der Waals surface area contributed by atoms with Crippen LogP contribution in [0.1, 0.15) is 16.2 Å². The number of rotatable bonds is 3. The molecule has 7 heteroatoms. The summed E-state index contributed by atoms with van der Waals surface area (Å²) in [6.45, 7) is 1.73. The van der Waals surface area contributed by atoms with Gasteiger partial charge in [0.25, 0.3) is 5.91 Å². The summed E-state index contributed by atoms with van der Waals surface area (Å²) in [7, 11) is 0. The van der Waals surface area contributed by atoms with Gasteiger partial charge >= 0.3 is 0 Å². The molecule has 0 spiro atoms. The van der Waals surface area contributed by atoms with E-state index in [0.717, 1.165) is 12.4 Å². The highest BCUT2D eigenvalue weighted by Crippen LogP contribution is 2.21. The third kappa shape index (κ3) is 3.57. The first kappa shape index (κ1) is 15.7. The summed E-state index contributed by atoms with van der Waals surface area (Å²) in [6.07, 6.45) is 3.61. The molecule has 0 aliphatic rings. The molecule has 24 heavy (non-hydrogen) atoms. The lowest BCUT2D eigenvalue weighted by molar-refractivity contribution is 0.102. The number of carbonyl (C=O) groups excluding carboxylic acids is 1. The highest BCUT2D eigenvalue weighted by molar-refractivity contribution is 6.03. The molecule has 0 aliphatic heterocycles. The van der Waals surface area contributed by atoms with Crippen molar-refractivity contribution in [3.05, 3.63) is 71.9 Å². The van der Waals surface area contributed by atoms with E-state index in [4.69, 9.17) is 0 Å². The Labute approximate surface area is 136 Å². The summed E-state index contributed by atoms with van der Waals surface area (Å²) in [6, 6.07) is 7.12. The quantitative estimate of drug-likeness (QED) is 0.801. The molecule has 0 saturated carbocycles. The van der Waals surface area contributed by atoms with Gasteiger partial charge in [-0.05, 0) is 42.8 Å². The van der Waals surface area contributed by atoms with Crippen molar-refractivity contribution in [3.8, 4) is 11.1 Å². The average molecular weight is 326 g/mol. The van der Waals surface area contributed by atoms with E-state index >= 15 is 0 Å². The van der Waals surface area contributed by atoms with E-state index in [1.54, 1.807) is 13.0 Å². The van der Waals surface area contributed by atoms with Crippen LogP contribution < -0.4 is 5.32 Å². The minimum atomic E-state index is -0.498. The van der Waals surface area contributed by atoms with Crippen molar-refractivity contribution in [3.63, 3.8) is 0 Å². The molecule has 3 aromatic heterocycles. The Morgan fingerprint density at radius 3 is 2.54 bits per heavy atom. The molecular weight excluding hydrogens is 314 g/mol. The molecule has 0 atom stereocenters. The first-order valence-corrected chi connectivity index (χ1v) is 7.04. The van der Waals surface area contributed by atoms with Crippen molar-refractivity contribution < 1.29 is 13.6 Å². The van der Waals surface area contributed by atoms with Crippen molar-refractivity contribution in [2.24, 2.45) is 0 Å². The minimum absolute atomic E-state index is 0.139. The van der Waals surface area contributed by atoms with E-state index in [2.05, 4.69) is 20.3 Å². The summed E-state index contributed by atoms with van der Waals surface area (Å²) >= 11 is 0. The normalized spacial score (nSPS) is 10.5. The Morgan fingerprint density at radius 2 is 1.83 bits per heavy atom. The van der Waals surface area contributed by atoms with Crippen LogP contribution in [0.5, 0.6) is 0 Å². The fourth-order valence-electron chi connectivity index (χ4n) is 2.15. The molecule has 1 amide bonds. The van der Waals surface area contributed by atoms with Gasteiger partial charge in [-0.15, -0.1) is 0 Å². The molecule has 3 rings (SSSR count). The standard InChI is InChI=1S/C17H12F2N4O/c1-10-4-11(12-5-14(19)8-20-7-12)6-15(22-10)17(24)23-16-3-2-13(18)9-21-16/h2-9H,1H3,(H,21,23,24). The van der Waals surface area contributed by atoms with Gasteiger partial charge in [0.1, 0.15) is 23.1 Å². The summed E-state index contributed by atoms with van der Waals surface area (Å²) in [5.74, 6) is -1.26. The number of hydrogen-bond acceptors (Lipinski definition) is 4. The van der Waals surface area contributed by atoms with Crippen molar-refractivity contribution in [1.29, 1.82) is 0 Å². The van der Waals surface area contributed by atoms with Crippen molar-refractivity contribution in [2.75, 3.05) is 5.32 Å². The molecule has 0 fully saturated rings. The molecule has 120 valence electrons. The second-order valence-corrected chi connectivity index (χ2v) is 5.09. The fraction of sp³-hybridized carbons (Fsp3) is 0.0588. The first-order valence-electron chi connectivity index (χ1n) is 7.04. The number of pyridine rings is 3. The van der Waals surface area contributed by atoms with E-state index in [0.29, 0.717) is 16.8 Å². The summed E-state index contributed by atoms with van der Waals surface area (Å²) in [5.41, 5.74) is 1.88.